The SMILES string of the molecule is CN=C(NCc1ccc(C)cc1)NCc1ccc(OCC2CC2)nc1.I. The Kier molecular flexibility index (Phi) is 8.15. The van der Waals surface area contributed by atoms with Crippen LogP contribution in [0.1, 0.15) is 29.5 Å². The first kappa shape index (κ1) is 20.5. The molecule has 140 valence electrons. The van der Waals surface area contributed by atoms with Crippen LogP contribution in [0.3, 0.4) is 0 Å². The summed E-state index contributed by atoms with van der Waals surface area (Å²) in [7, 11) is 1.78. The van der Waals surface area contributed by atoms with Gasteiger partial charge in [0.2, 0.25) is 5.88 Å². The molecule has 2 aromatic rings. The van der Waals surface area contributed by atoms with Gasteiger partial charge in [-0.25, -0.2) is 4.98 Å². The molecule has 1 aliphatic carbocycles. The Morgan fingerprint density at radius 3 is 2.31 bits per heavy atom. The summed E-state index contributed by atoms with van der Waals surface area (Å²) in [6, 6.07) is 12.5. The Labute approximate surface area is 172 Å². The maximum absolute atomic E-state index is 5.66. The molecule has 0 saturated heterocycles. The van der Waals surface area contributed by atoms with Gasteiger partial charge in [0, 0.05) is 32.4 Å². The Hall–Kier alpha value is -1.83. The maximum atomic E-state index is 5.66. The lowest BCUT2D eigenvalue weighted by molar-refractivity contribution is 0.288. The standard InChI is InChI=1S/C20H26N4O.HI/c1-15-3-5-16(6-4-15)11-23-20(21-2)24-13-18-9-10-19(22-12-18)25-14-17-7-8-17;/h3-6,9-10,12,17H,7-8,11,13-14H2,1-2H3,(H2,21,23,24);1H. The summed E-state index contributed by atoms with van der Waals surface area (Å²) >= 11 is 0. The molecule has 1 fully saturated rings. The number of guanidine groups is 1. The van der Waals surface area contributed by atoms with E-state index in [1.807, 2.05) is 18.3 Å². The second-order valence-corrected chi connectivity index (χ2v) is 6.52. The van der Waals surface area contributed by atoms with E-state index in [1.165, 1.54) is 24.0 Å². The molecule has 0 radical (unpaired) electrons. The van der Waals surface area contributed by atoms with Crippen LogP contribution in [0.5, 0.6) is 5.88 Å². The number of aryl methyl sites for hydroxylation is 1. The van der Waals surface area contributed by atoms with E-state index in [-0.39, 0.29) is 24.0 Å². The van der Waals surface area contributed by atoms with E-state index in [9.17, 15) is 0 Å². The lowest BCUT2D eigenvalue weighted by Gasteiger charge is -2.12. The van der Waals surface area contributed by atoms with E-state index in [0.717, 1.165) is 30.6 Å². The zero-order valence-corrected chi connectivity index (χ0v) is 17.7. The number of benzene rings is 1. The second kappa shape index (κ2) is 10.4. The molecule has 1 saturated carbocycles. The molecule has 3 rings (SSSR count). The summed E-state index contributed by atoms with van der Waals surface area (Å²) in [5.74, 6) is 2.22. The van der Waals surface area contributed by atoms with Crippen molar-refractivity contribution in [3.63, 3.8) is 0 Å². The Morgan fingerprint density at radius 2 is 1.73 bits per heavy atom. The summed E-state index contributed by atoms with van der Waals surface area (Å²) in [5, 5.41) is 6.63. The molecular weight excluding hydrogens is 439 g/mol. The summed E-state index contributed by atoms with van der Waals surface area (Å²) in [5.41, 5.74) is 3.59. The van der Waals surface area contributed by atoms with E-state index in [1.54, 1.807) is 7.05 Å². The van der Waals surface area contributed by atoms with Crippen LogP contribution in [-0.2, 0) is 13.1 Å². The van der Waals surface area contributed by atoms with Gasteiger partial charge >= 0.3 is 0 Å². The number of halogens is 1. The highest BCUT2D eigenvalue weighted by molar-refractivity contribution is 14.0. The van der Waals surface area contributed by atoms with Gasteiger partial charge < -0.3 is 15.4 Å². The fourth-order valence-electron chi connectivity index (χ4n) is 2.39. The Morgan fingerprint density at radius 1 is 1.08 bits per heavy atom. The highest BCUT2D eigenvalue weighted by Gasteiger charge is 2.21. The predicted octanol–water partition coefficient (Wildman–Crippen LogP) is 3.66. The van der Waals surface area contributed by atoms with Crippen LogP contribution in [0.2, 0.25) is 0 Å². The highest BCUT2D eigenvalue weighted by atomic mass is 127. The molecule has 0 amide bonds. The molecule has 1 heterocycles. The molecule has 5 nitrogen and oxygen atoms in total. The van der Waals surface area contributed by atoms with Crippen LogP contribution in [0, 0.1) is 12.8 Å². The van der Waals surface area contributed by atoms with Gasteiger partial charge in [-0.3, -0.25) is 4.99 Å². The summed E-state index contributed by atoms with van der Waals surface area (Å²) < 4.78 is 5.66. The number of rotatable bonds is 7. The van der Waals surface area contributed by atoms with E-state index < -0.39 is 0 Å². The summed E-state index contributed by atoms with van der Waals surface area (Å²) in [4.78, 5) is 8.62. The zero-order chi connectivity index (χ0) is 17.5. The van der Waals surface area contributed by atoms with Crippen LogP contribution >= 0.6 is 24.0 Å². The van der Waals surface area contributed by atoms with Gasteiger partial charge in [0.15, 0.2) is 5.96 Å². The number of nitrogens with one attached hydrogen (secondary N) is 2. The fraction of sp³-hybridized carbons (Fsp3) is 0.400. The molecule has 1 aromatic heterocycles. The largest absolute Gasteiger partial charge is 0.477 e. The number of nitrogens with zero attached hydrogens (tertiary/aromatic N) is 2. The average molecular weight is 466 g/mol. The molecule has 0 bridgehead atoms. The van der Waals surface area contributed by atoms with Crippen molar-refractivity contribution in [1.82, 2.24) is 15.6 Å². The van der Waals surface area contributed by atoms with E-state index in [4.69, 9.17) is 4.74 Å². The molecule has 0 aliphatic heterocycles. The first-order valence-electron chi connectivity index (χ1n) is 8.81. The number of pyridine rings is 1. The number of aromatic nitrogens is 1. The summed E-state index contributed by atoms with van der Waals surface area (Å²) in [6.45, 7) is 4.30. The van der Waals surface area contributed by atoms with E-state index in [0.29, 0.717) is 12.4 Å². The number of hydrogen-bond donors (Lipinski definition) is 2. The second-order valence-electron chi connectivity index (χ2n) is 6.52. The van der Waals surface area contributed by atoms with Crippen LogP contribution in [0.25, 0.3) is 0 Å². The van der Waals surface area contributed by atoms with Gasteiger partial charge in [0.05, 0.1) is 6.61 Å². The third-order valence-corrected chi connectivity index (χ3v) is 4.23. The van der Waals surface area contributed by atoms with Gasteiger partial charge in [0.25, 0.3) is 0 Å². The first-order valence-corrected chi connectivity index (χ1v) is 8.81. The normalized spacial score (nSPS) is 13.7. The van der Waals surface area contributed by atoms with Gasteiger partial charge in [0.1, 0.15) is 0 Å². The van der Waals surface area contributed by atoms with Crippen molar-refractivity contribution in [1.29, 1.82) is 0 Å². The Bertz CT molecular complexity index is 697. The van der Waals surface area contributed by atoms with Crippen molar-refractivity contribution in [2.24, 2.45) is 10.9 Å². The summed E-state index contributed by atoms with van der Waals surface area (Å²) in [6.07, 6.45) is 4.43. The van der Waals surface area contributed by atoms with Crippen molar-refractivity contribution in [2.45, 2.75) is 32.9 Å². The third-order valence-electron chi connectivity index (χ3n) is 4.23. The maximum Gasteiger partial charge on any atom is 0.213 e. The number of aliphatic imine (C=N–C) groups is 1. The quantitative estimate of drug-likeness (QED) is 0.372. The minimum Gasteiger partial charge on any atom is -0.477 e. The van der Waals surface area contributed by atoms with Gasteiger partial charge in [-0.05, 0) is 36.8 Å². The topological polar surface area (TPSA) is 58.5 Å². The van der Waals surface area contributed by atoms with Crippen LogP contribution < -0.4 is 15.4 Å². The van der Waals surface area contributed by atoms with Crippen LogP contribution in [-0.4, -0.2) is 24.6 Å². The zero-order valence-electron chi connectivity index (χ0n) is 15.4. The van der Waals surface area contributed by atoms with Crippen molar-refractivity contribution in [3.8, 4) is 5.88 Å². The van der Waals surface area contributed by atoms with Gasteiger partial charge in [-0.1, -0.05) is 35.9 Å². The predicted molar refractivity (Wildman–Crippen MR) is 116 cm³/mol. The molecule has 2 N–H and O–H groups in total. The number of ether oxygens (including phenoxy) is 1. The van der Waals surface area contributed by atoms with Gasteiger partial charge in [-0.15, -0.1) is 24.0 Å². The fourth-order valence-corrected chi connectivity index (χ4v) is 2.39. The molecule has 1 aliphatic rings. The Balaban J connectivity index is 0.00000243. The molecule has 0 unspecified atom stereocenters. The van der Waals surface area contributed by atoms with E-state index >= 15 is 0 Å². The first-order chi connectivity index (χ1) is 12.2. The molecule has 1 aromatic carbocycles. The van der Waals surface area contributed by atoms with Crippen molar-refractivity contribution in [3.05, 3.63) is 59.3 Å². The monoisotopic (exact) mass is 466 g/mol. The van der Waals surface area contributed by atoms with E-state index in [2.05, 4.69) is 51.8 Å². The lowest BCUT2D eigenvalue weighted by atomic mass is 10.1. The lowest BCUT2D eigenvalue weighted by Crippen LogP contribution is -2.36. The van der Waals surface area contributed by atoms with Gasteiger partial charge in [-0.2, -0.15) is 0 Å². The third kappa shape index (κ3) is 6.82. The smallest absolute Gasteiger partial charge is 0.213 e. The van der Waals surface area contributed by atoms with Crippen LogP contribution in [0.4, 0.5) is 0 Å². The molecular formula is C20H27IN4O. The minimum absolute atomic E-state index is 0. The number of hydrogen-bond acceptors (Lipinski definition) is 3. The molecule has 0 atom stereocenters. The molecule has 26 heavy (non-hydrogen) atoms. The van der Waals surface area contributed by atoms with Crippen molar-refractivity contribution in [2.75, 3.05) is 13.7 Å². The molecule has 6 heteroatoms. The molecule has 0 spiro atoms. The average Bonchev–Trinajstić information content (AvgIpc) is 3.47. The highest BCUT2D eigenvalue weighted by Crippen LogP contribution is 2.29. The minimum atomic E-state index is 0. The van der Waals surface area contributed by atoms with Crippen molar-refractivity contribution < 1.29 is 4.74 Å². The van der Waals surface area contributed by atoms with Crippen LogP contribution in [0.15, 0.2) is 47.6 Å². The van der Waals surface area contributed by atoms with Crippen molar-refractivity contribution >= 4 is 29.9 Å².